The van der Waals surface area contributed by atoms with Crippen molar-refractivity contribution in [2.45, 2.75) is 24.8 Å². The molecule has 0 saturated carbocycles. The van der Waals surface area contributed by atoms with Crippen LogP contribution in [0, 0.1) is 6.92 Å². The molecule has 0 bridgehead atoms. The van der Waals surface area contributed by atoms with Crippen molar-refractivity contribution in [3.63, 3.8) is 0 Å². The number of sulfonamides is 1. The summed E-state index contributed by atoms with van der Waals surface area (Å²) in [6.45, 7) is 4.51. The second-order valence-electron chi connectivity index (χ2n) is 7.21. The minimum absolute atomic E-state index is 0.0421. The summed E-state index contributed by atoms with van der Waals surface area (Å²) in [6, 6.07) is 12.3. The third kappa shape index (κ3) is 5.14. The highest BCUT2D eigenvalue weighted by atomic mass is 32.2. The van der Waals surface area contributed by atoms with E-state index in [4.69, 9.17) is 9.84 Å². The minimum Gasteiger partial charge on any atom is -0.496 e. The van der Waals surface area contributed by atoms with Crippen LogP contribution in [0.1, 0.15) is 16.7 Å². The lowest BCUT2D eigenvalue weighted by molar-refractivity contribution is -0.136. The highest BCUT2D eigenvalue weighted by Gasteiger charge is 2.28. The molecule has 1 fully saturated rings. The van der Waals surface area contributed by atoms with Gasteiger partial charge in [0.05, 0.1) is 18.4 Å². The van der Waals surface area contributed by atoms with Gasteiger partial charge in [-0.2, -0.15) is 4.31 Å². The van der Waals surface area contributed by atoms with E-state index in [1.807, 2.05) is 13.0 Å². The molecule has 0 aliphatic carbocycles. The van der Waals surface area contributed by atoms with Crippen molar-refractivity contribution in [3.8, 4) is 5.75 Å². The van der Waals surface area contributed by atoms with Crippen molar-refractivity contribution in [3.05, 3.63) is 59.2 Å². The van der Waals surface area contributed by atoms with E-state index in [2.05, 4.69) is 4.90 Å². The van der Waals surface area contributed by atoms with Crippen LogP contribution in [0.25, 0.3) is 0 Å². The van der Waals surface area contributed by atoms with Crippen LogP contribution in [-0.2, 0) is 27.8 Å². The summed E-state index contributed by atoms with van der Waals surface area (Å²) in [4.78, 5) is 13.5. The van der Waals surface area contributed by atoms with Gasteiger partial charge in [-0.3, -0.25) is 9.69 Å². The average molecular weight is 419 g/mol. The molecule has 1 aliphatic heterocycles. The first-order valence-corrected chi connectivity index (χ1v) is 10.9. The Kier molecular flexibility index (Phi) is 6.56. The summed E-state index contributed by atoms with van der Waals surface area (Å²) in [6.07, 6.45) is -0.0421. The molecule has 2 aromatic rings. The molecule has 1 aliphatic rings. The number of aryl methyl sites for hydroxylation is 1. The number of carbonyl (C=O) groups is 1. The minimum atomic E-state index is -3.49. The predicted molar refractivity (Wildman–Crippen MR) is 110 cm³/mol. The Morgan fingerprint density at radius 2 is 1.72 bits per heavy atom. The molecule has 0 radical (unpaired) electrons. The van der Waals surface area contributed by atoms with Gasteiger partial charge in [-0.05, 0) is 30.7 Å². The van der Waals surface area contributed by atoms with Crippen LogP contribution >= 0.6 is 0 Å². The van der Waals surface area contributed by atoms with Gasteiger partial charge in [0.15, 0.2) is 0 Å². The molecule has 29 heavy (non-hydrogen) atoms. The molecule has 1 heterocycles. The van der Waals surface area contributed by atoms with Crippen LogP contribution in [0.3, 0.4) is 0 Å². The number of carboxylic acid groups (broad SMARTS) is 1. The number of hydrogen-bond donors (Lipinski definition) is 1. The Hall–Kier alpha value is -2.42. The van der Waals surface area contributed by atoms with E-state index in [1.165, 1.54) is 4.31 Å². The summed E-state index contributed by atoms with van der Waals surface area (Å²) in [7, 11) is -1.91. The second kappa shape index (κ2) is 8.94. The number of nitrogens with zero attached hydrogens (tertiary/aromatic N) is 2. The molecule has 0 aromatic heterocycles. The lowest BCUT2D eigenvalue weighted by Crippen LogP contribution is -2.48. The Morgan fingerprint density at radius 3 is 2.31 bits per heavy atom. The van der Waals surface area contributed by atoms with Gasteiger partial charge in [0, 0.05) is 38.3 Å². The first-order chi connectivity index (χ1) is 13.8. The van der Waals surface area contributed by atoms with Gasteiger partial charge in [0.25, 0.3) is 0 Å². The van der Waals surface area contributed by atoms with Crippen LogP contribution in [0.2, 0.25) is 0 Å². The third-order valence-corrected chi connectivity index (χ3v) is 7.00. The van der Waals surface area contributed by atoms with Crippen LogP contribution in [0.5, 0.6) is 5.75 Å². The molecule has 3 rings (SSSR count). The zero-order valence-corrected chi connectivity index (χ0v) is 17.5. The second-order valence-corrected chi connectivity index (χ2v) is 9.15. The molecule has 1 saturated heterocycles. The molecular formula is C21H26N2O5S. The van der Waals surface area contributed by atoms with Crippen LogP contribution in [0.4, 0.5) is 0 Å². The van der Waals surface area contributed by atoms with Gasteiger partial charge < -0.3 is 9.84 Å². The quantitative estimate of drug-likeness (QED) is 0.741. The lowest BCUT2D eigenvalue weighted by atomic mass is 10.1. The van der Waals surface area contributed by atoms with Gasteiger partial charge >= 0.3 is 5.97 Å². The fourth-order valence-corrected chi connectivity index (χ4v) is 4.89. The normalized spacial score (nSPS) is 15.9. The topological polar surface area (TPSA) is 87.2 Å². The van der Waals surface area contributed by atoms with Gasteiger partial charge in [0.1, 0.15) is 5.75 Å². The van der Waals surface area contributed by atoms with Crippen molar-refractivity contribution >= 4 is 16.0 Å². The van der Waals surface area contributed by atoms with Gasteiger partial charge in [-0.15, -0.1) is 0 Å². The molecule has 8 heteroatoms. The van der Waals surface area contributed by atoms with Crippen LogP contribution < -0.4 is 4.74 Å². The molecule has 0 amide bonds. The monoisotopic (exact) mass is 418 g/mol. The zero-order valence-electron chi connectivity index (χ0n) is 16.7. The highest BCUT2D eigenvalue weighted by Crippen LogP contribution is 2.24. The van der Waals surface area contributed by atoms with E-state index in [9.17, 15) is 13.2 Å². The SMILES string of the molecule is COc1ccc(CC(=O)O)cc1CN1CCN(S(=O)(=O)c2ccc(C)cc2)CC1. The van der Waals surface area contributed by atoms with E-state index in [-0.39, 0.29) is 6.42 Å². The van der Waals surface area contributed by atoms with Crippen molar-refractivity contribution in [1.82, 2.24) is 9.21 Å². The zero-order chi connectivity index (χ0) is 21.0. The fourth-order valence-electron chi connectivity index (χ4n) is 3.47. The molecule has 2 aromatic carbocycles. The lowest BCUT2D eigenvalue weighted by Gasteiger charge is -2.34. The first kappa shape index (κ1) is 21.3. The maximum atomic E-state index is 12.8. The smallest absolute Gasteiger partial charge is 0.307 e. The predicted octanol–water partition coefficient (Wildman–Crippen LogP) is 2.14. The average Bonchev–Trinajstić information content (AvgIpc) is 2.68. The molecule has 0 atom stereocenters. The summed E-state index contributed by atoms with van der Waals surface area (Å²) in [5, 5.41) is 9.02. The number of aliphatic carboxylic acids is 1. The number of methoxy groups -OCH3 is 1. The third-order valence-electron chi connectivity index (χ3n) is 5.08. The number of piperazine rings is 1. The molecule has 1 N–H and O–H groups in total. The van der Waals surface area contributed by atoms with Crippen LogP contribution in [0.15, 0.2) is 47.4 Å². The summed E-state index contributed by atoms with van der Waals surface area (Å²) in [5.74, 6) is -0.176. The fraction of sp³-hybridized carbons (Fsp3) is 0.381. The summed E-state index contributed by atoms with van der Waals surface area (Å²) in [5.41, 5.74) is 2.64. The maximum Gasteiger partial charge on any atom is 0.307 e. The standard InChI is InChI=1S/C21H26N2O5S/c1-16-3-6-19(7-4-16)29(26,27)23-11-9-22(10-12-23)15-18-13-17(14-21(24)25)5-8-20(18)28-2/h3-8,13H,9-12,14-15H2,1-2H3,(H,24,25). The van der Waals surface area contributed by atoms with Crippen molar-refractivity contribution in [2.24, 2.45) is 0 Å². The summed E-state index contributed by atoms with van der Waals surface area (Å²) >= 11 is 0. The summed E-state index contributed by atoms with van der Waals surface area (Å²) < 4.78 is 32.6. The van der Waals surface area contributed by atoms with E-state index in [0.717, 1.165) is 11.1 Å². The molecule has 0 spiro atoms. The molecule has 0 unspecified atom stereocenters. The van der Waals surface area contributed by atoms with Gasteiger partial charge in [-0.1, -0.05) is 29.8 Å². The molecule has 156 valence electrons. The molecule has 7 nitrogen and oxygen atoms in total. The number of benzene rings is 2. The van der Waals surface area contributed by atoms with Crippen LogP contribution in [-0.4, -0.2) is 62.0 Å². The Balaban J connectivity index is 1.67. The van der Waals surface area contributed by atoms with E-state index in [1.54, 1.807) is 43.5 Å². The number of carboxylic acids is 1. The van der Waals surface area contributed by atoms with E-state index in [0.29, 0.717) is 48.9 Å². The first-order valence-electron chi connectivity index (χ1n) is 9.46. The molecular weight excluding hydrogens is 392 g/mol. The Labute approximate surface area is 171 Å². The number of ether oxygens (including phenoxy) is 1. The number of hydrogen-bond acceptors (Lipinski definition) is 5. The highest BCUT2D eigenvalue weighted by molar-refractivity contribution is 7.89. The van der Waals surface area contributed by atoms with Gasteiger partial charge in [0.2, 0.25) is 10.0 Å². The Morgan fingerprint density at radius 1 is 1.07 bits per heavy atom. The largest absolute Gasteiger partial charge is 0.496 e. The van der Waals surface area contributed by atoms with E-state index < -0.39 is 16.0 Å². The van der Waals surface area contributed by atoms with Gasteiger partial charge in [-0.25, -0.2) is 8.42 Å². The maximum absolute atomic E-state index is 12.8. The number of rotatable bonds is 7. The van der Waals surface area contributed by atoms with E-state index >= 15 is 0 Å². The van der Waals surface area contributed by atoms with Crippen molar-refractivity contribution in [2.75, 3.05) is 33.3 Å². The van der Waals surface area contributed by atoms with Crippen molar-refractivity contribution < 1.29 is 23.1 Å². The Bertz CT molecular complexity index is 965. The van der Waals surface area contributed by atoms with Crippen molar-refractivity contribution in [1.29, 1.82) is 0 Å².